The molecular weight excluding hydrogens is 280 g/mol. The third-order valence-electron chi connectivity index (χ3n) is 4.59. The van der Waals surface area contributed by atoms with Crippen LogP contribution in [0.15, 0.2) is 24.3 Å². The lowest BCUT2D eigenvalue weighted by Crippen LogP contribution is -2.29. The van der Waals surface area contributed by atoms with E-state index in [1.807, 2.05) is 12.1 Å². The Morgan fingerprint density at radius 3 is 2.41 bits per heavy atom. The van der Waals surface area contributed by atoms with Gasteiger partial charge < -0.3 is 14.9 Å². The molecule has 5 nitrogen and oxygen atoms in total. The molecule has 1 unspecified atom stereocenters. The number of hydrogen-bond donors (Lipinski definition) is 1. The van der Waals surface area contributed by atoms with Gasteiger partial charge in [0.25, 0.3) is 0 Å². The molecule has 0 aliphatic carbocycles. The number of likely N-dealkylation sites (tertiary alicyclic amines) is 1. The number of aliphatic carboxylic acids is 1. The summed E-state index contributed by atoms with van der Waals surface area (Å²) in [5.41, 5.74) is 2.29. The Morgan fingerprint density at radius 1 is 1.14 bits per heavy atom. The predicted molar refractivity (Wildman–Crippen MR) is 83.7 cm³/mol. The van der Waals surface area contributed by atoms with Gasteiger partial charge in [0.2, 0.25) is 5.91 Å². The number of nitrogens with zero attached hydrogens (tertiary/aromatic N) is 2. The van der Waals surface area contributed by atoms with Crippen LogP contribution in [0.3, 0.4) is 0 Å². The fraction of sp³-hybridized carbons (Fsp3) is 0.529. The van der Waals surface area contributed by atoms with Gasteiger partial charge in [-0.3, -0.25) is 9.59 Å². The summed E-state index contributed by atoms with van der Waals surface area (Å²) >= 11 is 0. The number of hydrogen-bond acceptors (Lipinski definition) is 3. The normalized spacial score (nSPS) is 22.2. The first-order valence-electron chi connectivity index (χ1n) is 7.98. The number of amides is 1. The SMILES string of the molecule is O=C(O)C1CC(=O)N(Cc2ccc(N3CCCCC3)cc2)C1. The third kappa shape index (κ3) is 3.24. The topological polar surface area (TPSA) is 60.9 Å². The second-order valence-electron chi connectivity index (χ2n) is 6.23. The van der Waals surface area contributed by atoms with Crippen molar-refractivity contribution in [3.63, 3.8) is 0 Å². The van der Waals surface area contributed by atoms with Crippen molar-refractivity contribution in [2.75, 3.05) is 24.5 Å². The van der Waals surface area contributed by atoms with E-state index in [0.29, 0.717) is 13.1 Å². The minimum atomic E-state index is -0.878. The van der Waals surface area contributed by atoms with Gasteiger partial charge in [0.05, 0.1) is 5.92 Å². The van der Waals surface area contributed by atoms with E-state index in [2.05, 4.69) is 17.0 Å². The fourth-order valence-electron chi connectivity index (χ4n) is 3.28. The van der Waals surface area contributed by atoms with Crippen molar-refractivity contribution in [2.24, 2.45) is 5.92 Å². The van der Waals surface area contributed by atoms with Gasteiger partial charge >= 0.3 is 5.97 Å². The lowest BCUT2D eigenvalue weighted by Gasteiger charge is -2.29. The molecule has 1 amide bonds. The van der Waals surface area contributed by atoms with E-state index < -0.39 is 11.9 Å². The molecule has 22 heavy (non-hydrogen) atoms. The maximum absolute atomic E-state index is 11.9. The number of carbonyl (C=O) groups is 2. The molecule has 0 saturated carbocycles. The van der Waals surface area contributed by atoms with Gasteiger partial charge in [-0.05, 0) is 37.0 Å². The molecular formula is C17H22N2O3. The average Bonchev–Trinajstić information content (AvgIpc) is 2.90. The largest absolute Gasteiger partial charge is 0.481 e. The van der Waals surface area contributed by atoms with Crippen LogP contribution in [-0.2, 0) is 16.1 Å². The van der Waals surface area contributed by atoms with E-state index in [1.54, 1.807) is 4.90 Å². The Labute approximate surface area is 130 Å². The highest BCUT2D eigenvalue weighted by Crippen LogP contribution is 2.23. The van der Waals surface area contributed by atoms with E-state index in [9.17, 15) is 9.59 Å². The summed E-state index contributed by atoms with van der Waals surface area (Å²) < 4.78 is 0. The predicted octanol–water partition coefficient (Wildman–Crippen LogP) is 2.11. The van der Waals surface area contributed by atoms with E-state index in [4.69, 9.17) is 5.11 Å². The number of carboxylic acids is 1. The molecule has 2 aliphatic heterocycles. The molecule has 5 heteroatoms. The highest BCUT2D eigenvalue weighted by atomic mass is 16.4. The molecule has 1 aromatic rings. The van der Waals surface area contributed by atoms with Crippen molar-refractivity contribution in [1.82, 2.24) is 4.90 Å². The van der Waals surface area contributed by atoms with E-state index in [1.165, 1.54) is 24.9 Å². The highest BCUT2D eigenvalue weighted by Gasteiger charge is 2.34. The van der Waals surface area contributed by atoms with E-state index >= 15 is 0 Å². The maximum atomic E-state index is 11.9. The van der Waals surface area contributed by atoms with Crippen LogP contribution < -0.4 is 4.90 Å². The Bertz CT molecular complexity index is 550. The van der Waals surface area contributed by atoms with Crippen LogP contribution in [0.25, 0.3) is 0 Å². The summed E-state index contributed by atoms with van der Waals surface area (Å²) in [5.74, 6) is -1.50. The molecule has 3 rings (SSSR count). The van der Waals surface area contributed by atoms with E-state index in [0.717, 1.165) is 18.7 Å². The monoisotopic (exact) mass is 302 g/mol. The lowest BCUT2D eigenvalue weighted by atomic mass is 10.1. The quantitative estimate of drug-likeness (QED) is 0.925. The minimum Gasteiger partial charge on any atom is -0.481 e. The van der Waals surface area contributed by atoms with Crippen LogP contribution in [0, 0.1) is 5.92 Å². The molecule has 0 bridgehead atoms. The molecule has 0 spiro atoms. The van der Waals surface area contributed by atoms with Gasteiger partial charge in [0, 0.05) is 38.3 Å². The van der Waals surface area contributed by atoms with Crippen LogP contribution in [-0.4, -0.2) is 41.5 Å². The van der Waals surface area contributed by atoms with Crippen molar-refractivity contribution in [1.29, 1.82) is 0 Å². The van der Waals surface area contributed by atoms with Crippen LogP contribution in [0.1, 0.15) is 31.2 Å². The molecule has 118 valence electrons. The summed E-state index contributed by atoms with van der Waals surface area (Å²) in [4.78, 5) is 26.9. The molecule has 1 aromatic carbocycles. The van der Waals surface area contributed by atoms with Gasteiger partial charge in [-0.15, -0.1) is 0 Å². The molecule has 0 radical (unpaired) electrons. The fourth-order valence-corrected chi connectivity index (χ4v) is 3.28. The number of benzene rings is 1. The van der Waals surface area contributed by atoms with Crippen LogP contribution >= 0.6 is 0 Å². The van der Waals surface area contributed by atoms with Crippen molar-refractivity contribution in [2.45, 2.75) is 32.2 Å². The average molecular weight is 302 g/mol. The van der Waals surface area contributed by atoms with Gasteiger partial charge in [0.1, 0.15) is 0 Å². The summed E-state index contributed by atoms with van der Waals surface area (Å²) in [6.45, 7) is 3.05. The maximum Gasteiger partial charge on any atom is 0.308 e. The zero-order valence-electron chi connectivity index (χ0n) is 12.7. The Balaban J connectivity index is 1.61. The molecule has 2 fully saturated rings. The Morgan fingerprint density at radius 2 is 1.82 bits per heavy atom. The van der Waals surface area contributed by atoms with Gasteiger partial charge in [-0.2, -0.15) is 0 Å². The standard InChI is InChI=1S/C17H22N2O3/c20-16-10-14(17(21)22)12-19(16)11-13-4-6-15(7-5-13)18-8-2-1-3-9-18/h4-7,14H,1-3,8-12H2,(H,21,22). The molecule has 2 heterocycles. The Kier molecular flexibility index (Phi) is 4.32. The second-order valence-corrected chi connectivity index (χ2v) is 6.23. The van der Waals surface area contributed by atoms with Crippen molar-refractivity contribution in [3.8, 4) is 0 Å². The van der Waals surface area contributed by atoms with Crippen LogP contribution in [0.4, 0.5) is 5.69 Å². The lowest BCUT2D eigenvalue weighted by molar-refractivity contribution is -0.141. The number of piperidine rings is 1. The molecule has 0 aromatic heterocycles. The first-order valence-corrected chi connectivity index (χ1v) is 7.98. The molecule has 2 aliphatic rings. The summed E-state index contributed by atoms with van der Waals surface area (Å²) in [6.07, 6.45) is 3.94. The Hall–Kier alpha value is -2.04. The summed E-state index contributed by atoms with van der Waals surface area (Å²) in [6, 6.07) is 8.31. The first kappa shape index (κ1) is 14.9. The molecule has 1 atom stereocenters. The van der Waals surface area contributed by atoms with Crippen molar-refractivity contribution >= 4 is 17.6 Å². The molecule has 2 saturated heterocycles. The van der Waals surface area contributed by atoms with Crippen LogP contribution in [0.5, 0.6) is 0 Å². The van der Waals surface area contributed by atoms with Crippen molar-refractivity contribution in [3.05, 3.63) is 29.8 Å². The second kappa shape index (κ2) is 6.38. The molecule has 1 N–H and O–H groups in total. The zero-order valence-corrected chi connectivity index (χ0v) is 12.7. The smallest absolute Gasteiger partial charge is 0.308 e. The third-order valence-corrected chi connectivity index (χ3v) is 4.59. The minimum absolute atomic E-state index is 0.0625. The highest BCUT2D eigenvalue weighted by molar-refractivity contribution is 5.86. The number of carboxylic acid groups (broad SMARTS) is 1. The number of anilines is 1. The summed E-state index contributed by atoms with van der Waals surface area (Å²) in [5, 5.41) is 9.01. The van der Waals surface area contributed by atoms with E-state index in [-0.39, 0.29) is 12.3 Å². The van der Waals surface area contributed by atoms with Gasteiger partial charge in [0.15, 0.2) is 0 Å². The number of carbonyl (C=O) groups excluding carboxylic acids is 1. The van der Waals surface area contributed by atoms with Crippen molar-refractivity contribution < 1.29 is 14.7 Å². The number of rotatable bonds is 4. The summed E-state index contributed by atoms with van der Waals surface area (Å²) in [7, 11) is 0. The van der Waals surface area contributed by atoms with Crippen LogP contribution in [0.2, 0.25) is 0 Å². The zero-order chi connectivity index (χ0) is 15.5. The van der Waals surface area contributed by atoms with Gasteiger partial charge in [-0.25, -0.2) is 0 Å². The first-order chi connectivity index (χ1) is 10.6. The van der Waals surface area contributed by atoms with Gasteiger partial charge in [-0.1, -0.05) is 12.1 Å².